The van der Waals surface area contributed by atoms with Crippen LogP contribution < -0.4 is 0 Å². The first-order valence-corrected chi connectivity index (χ1v) is 7.57. The Morgan fingerprint density at radius 1 is 1.22 bits per heavy atom. The third kappa shape index (κ3) is 3.25. The molecule has 1 unspecified atom stereocenters. The number of esters is 1. The molecule has 1 saturated carbocycles. The smallest absolute Gasteiger partial charge is 0.307 e. The summed E-state index contributed by atoms with van der Waals surface area (Å²) in [5.74, 6) is 0.691. The van der Waals surface area contributed by atoms with Crippen molar-refractivity contribution in [2.24, 2.45) is 5.92 Å². The lowest BCUT2D eigenvalue weighted by atomic mass is 9.89. The van der Waals surface area contributed by atoms with Gasteiger partial charge in [0, 0.05) is 5.54 Å². The molecule has 3 heteroatoms. The van der Waals surface area contributed by atoms with Gasteiger partial charge in [0.15, 0.2) is 0 Å². The van der Waals surface area contributed by atoms with Gasteiger partial charge in [-0.2, -0.15) is 0 Å². The van der Waals surface area contributed by atoms with Gasteiger partial charge < -0.3 is 4.74 Å². The number of carbonyl (C=O) groups excluding carboxylic acids is 1. The van der Waals surface area contributed by atoms with Crippen LogP contribution in [0, 0.1) is 5.92 Å². The molecule has 0 spiro atoms. The van der Waals surface area contributed by atoms with Crippen LogP contribution in [0.2, 0.25) is 0 Å². The van der Waals surface area contributed by atoms with Crippen molar-refractivity contribution < 1.29 is 9.53 Å². The topological polar surface area (TPSA) is 29.5 Å². The Hall–Kier alpha value is -0.570. The van der Waals surface area contributed by atoms with Crippen LogP contribution in [0.1, 0.15) is 58.8 Å². The summed E-state index contributed by atoms with van der Waals surface area (Å²) in [6.07, 6.45) is 8.40. The first-order chi connectivity index (χ1) is 8.66. The average Bonchev–Trinajstić information content (AvgIpc) is 3.17. The van der Waals surface area contributed by atoms with Gasteiger partial charge in [-0.3, -0.25) is 9.69 Å². The van der Waals surface area contributed by atoms with E-state index in [4.69, 9.17) is 4.74 Å². The van der Waals surface area contributed by atoms with Gasteiger partial charge in [-0.05, 0) is 58.5 Å². The zero-order valence-corrected chi connectivity index (χ0v) is 11.9. The summed E-state index contributed by atoms with van der Waals surface area (Å²) in [6.45, 7) is 6.99. The minimum atomic E-state index is -0.0175. The van der Waals surface area contributed by atoms with E-state index < -0.39 is 0 Å². The zero-order valence-electron chi connectivity index (χ0n) is 11.9. The quantitative estimate of drug-likeness (QED) is 0.705. The van der Waals surface area contributed by atoms with Gasteiger partial charge in [0.25, 0.3) is 0 Å². The summed E-state index contributed by atoms with van der Waals surface area (Å²) in [7, 11) is 0. The largest absolute Gasteiger partial charge is 0.466 e. The molecule has 2 fully saturated rings. The van der Waals surface area contributed by atoms with Crippen LogP contribution in [-0.4, -0.2) is 36.1 Å². The highest BCUT2D eigenvalue weighted by Gasteiger charge is 2.46. The fourth-order valence-corrected chi connectivity index (χ4v) is 3.31. The lowest BCUT2D eigenvalue weighted by Crippen LogP contribution is -2.50. The molecule has 0 aromatic carbocycles. The molecule has 1 aliphatic heterocycles. The molecular formula is C15H27NO2. The van der Waals surface area contributed by atoms with E-state index in [2.05, 4.69) is 11.8 Å². The third-order valence-electron chi connectivity index (χ3n) is 4.59. The highest BCUT2D eigenvalue weighted by molar-refractivity contribution is 5.71. The van der Waals surface area contributed by atoms with Crippen molar-refractivity contribution in [1.29, 1.82) is 0 Å². The summed E-state index contributed by atoms with van der Waals surface area (Å²) in [4.78, 5) is 14.4. The van der Waals surface area contributed by atoms with Crippen molar-refractivity contribution in [2.75, 3.05) is 19.7 Å². The summed E-state index contributed by atoms with van der Waals surface area (Å²) >= 11 is 0. The maximum absolute atomic E-state index is 11.9. The normalized spacial score (nSPS) is 25.2. The van der Waals surface area contributed by atoms with E-state index in [9.17, 15) is 4.79 Å². The minimum absolute atomic E-state index is 0.0175. The average molecular weight is 253 g/mol. The number of carbonyl (C=O) groups is 1. The Labute approximate surface area is 111 Å². The van der Waals surface area contributed by atoms with Crippen LogP contribution in [0.25, 0.3) is 0 Å². The molecule has 1 atom stereocenters. The number of hydrogen-bond donors (Lipinski definition) is 0. The Kier molecular flexibility index (Phi) is 4.66. The van der Waals surface area contributed by atoms with Gasteiger partial charge in [0.1, 0.15) is 0 Å². The zero-order chi connectivity index (χ0) is 13.0. The standard InChI is InChI=1S/C15H27NO2/c1-3-18-14(17)12-15(2,13-8-9-13)16-10-6-4-5-7-11-16/h13H,3-12H2,1-2H3. The predicted octanol–water partition coefficient (Wildman–Crippen LogP) is 2.98. The van der Waals surface area contributed by atoms with E-state index in [1.54, 1.807) is 0 Å². The monoisotopic (exact) mass is 253 g/mol. The van der Waals surface area contributed by atoms with E-state index in [0.29, 0.717) is 18.9 Å². The lowest BCUT2D eigenvalue weighted by molar-refractivity contribution is -0.146. The van der Waals surface area contributed by atoms with E-state index in [1.165, 1.54) is 38.5 Å². The maximum atomic E-state index is 11.9. The minimum Gasteiger partial charge on any atom is -0.466 e. The van der Waals surface area contributed by atoms with Gasteiger partial charge >= 0.3 is 5.97 Å². The Balaban J connectivity index is 2.02. The molecule has 1 aliphatic carbocycles. The molecule has 0 aromatic rings. The van der Waals surface area contributed by atoms with Crippen molar-refractivity contribution >= 4 is 5.97 Å². The van der Waals surface area contributed by atoms with Crippen molar-refractivity contribution in [3.05, 3.63) is 0 Å². The Bertz CT molecular complexity index is 280. The first kappa shape index (κ1) is 13.9. The number of ether oxygens (including phenoxy) is 1. The van der Waals surface area contributed by atoms with Crippen LogP contribution >= 0.6 is 0 Å². The fourth-order valence-electron chi connectivity index (χ4n) is 3.31. The summed E-state index contributed by atoms with van der Waals surface area (Å²) in [5.41, 5.74) is 0.0522. The second-order valence-corrected chi connectivity index (χ2v) is 6.01. The number of hydrogen-bond acceptors (Lipinski definition) is 3. The van der Waals surface area contributed by atoms with Crippen molar-refractivity contribution in [1.82, 2.24) is 4.90 Å². The predicted molar refractivity (Wildman–Crippen MR) is 72.4 cm³/mol. The molecule has 0 aromatic heterocycles. The SMILES string of the molecule is CCOC(=O)CC(C)(C1CC1)N1CCCCCC1. The Morgan fingerprint density at radius 2 is 1.83 bits per heavy atom. The molecule has 0 radical (unpaired) electrons. The molecule has 3 nitrogen and oxygen atoms in total. The second kappa shape index (κ2) is 6.05. The summed E-state index contributed by atoms with van der Waals surface area (Å²) < 4.78 is 5.17. The van der Waals surface area contributed by atoms with Crippen LogP contribution in [0.5, 0.6) is 0 Å². The van der Waals surface area contributed by atoms with E-state index in [0.717, 1.165) is 13.1 Å². The molecule has 18 heavy (non-hydrogen) atoms. The van der Waals surface area contributed by atoms with Gasteiger partial charge in [0.05, 0.1) is 13.0 Å². The Morgan fingerprint density at radius 3 is 2.33 bits per heavy atom. The van der Waals surface area contributed by atoms with E-state index >= 15 is 0 Å². The molecule has 0 N–H and O–H groups in total. The molecule has 1 heterocycles. The van der Waals surface area contributed by atoms with Crippen molar-refractivity contribution in [3.63, 3.8) is 0 Å². The number of nitrogens with zero attached hydrogens (tertiary/aromatic N) is 1. The number of likely N-dealkylation sites (tertiary alicyclic amines) is 1. The van der Waals surface area contributed by atoms with Crippen molar-refractivity contribution in [2.45, 2.75) is 64.3 Å². The van der Waals surface area contributed by atoms with Crippen LogP contribution in [0.3, 0.4) is 0 Å². The second-order valence-electron chi connectivity index (χ2n) is 6.01. The van der Waals surface area contributed by atoms with E-state index in [1.807, 2.05) is 6.92 Å². The highest BCUT2D eigenvalue weighted by atomic mass is 16.5. The van der Waals surface area contributed by atoms with Gasteiger partial charge in [0.2, 0.25) is 0 Å². The molecular weight excluding hydrogens is 226 g/mol. The van der Waals surface area contributed by atoms with Crippen LogP contribution in [0.4, 0.5) is 0 Å². The molecule has 104 valence electrons. The van der Waals surface area contributed by atoms with Gasteiger partial charge in [-0.15, -0.1) is 0 Å². The van der Waals surface area contributed by atoms with E-state index in [-0.39, 0.29) is 11.5 Å². The van der Waals surface area contributed by atoms with Gasteiger partial charge in [-0.25, -0.2) is 0 Å². The van der Waals surface area contributed by atoms with Crippen LogP contribution in [-0.2, 0) is 9.53 Å². The molecule has 0 amide bonds. The lowest BCUT2D eigenvalue weighted by Gasteiger charge is -2.41. The molecule has 2 rings (SSSR count). The van der Waals surface area contributed by atoms with Gasteiger partial charge in [-0.1, -0.05) is 12.8 Å². The maximum Gasteiger partial charge on any atom is 0.307 e. The molecule has 0 bridgehead atoms. The fraction of sp³-hybridized carbons (Fsp3) is 0.933. The third-order valence-corrected chi connectivity index (χ3v) is 4.59. The molecule has 1 saturated heterocycles. The van der Waals surface area contributed by atoms with Crippen LogP contribution in [0.15, 0.2) is 0 Å². The first-order valence-electron chi connectivity index (χ1n) is 7.57. The summed E-state index contributed by atoms with van der Waals surface area (Å²) in [6, 6.07) is 0. The van der Waals surface area contributed by atoms with Crippen molar-refractivity contribution in [3.8, 4) is 0 Å². The number of rotatable bonds is 5. The molecule has 2 aliphatic rings. The highest BCUT2D eigenvalue weighted by Crippen LogP contribution is 2.45. The summed E-state index contributed by atoms with van der Waals surface area (Å²) in [5, 5.41) is 0.